The molecular formula is C28H48Y2-4. The Morgan fingerprint density at radius 2 is 1.03 bits per heavy atom. The maximum atomic E-state index is 3.24. The van der Waals surface area contributed by atoms with E-state index in [0.717, 1.165) is 25.7 Å². The Morgan fingerprint density at radius 3 is 1.37 bits per heavy atom. The number of hydrogen-bond acceptors (Lipinski definition) is 0. The second-order valence-electron chi connectivity index (χ2n) is 6.27. The van der Waals surface area contributed by atoms with Crippen LogP contribution in [0.5, 0.6) is 0 Å². The van der Waals surface area contributed by atoms with E-state index in [4.69, 9.17) is 0 Å². The molecule has 2 rings (SSSR count). The van der Waals surface area contributed by atoms with Crippen LogP contribution in [0.4, 0.5) is 0 Å². The van der Waals surface area contributed by atoms with Gasteiger partial charge in [0.1, 0.15) is 0 Å². The summed E-state index contributed by atoms with van der Waals surface area (Å²) in [6.45, 7) is 17.1. The average molecular weight is 563 g/mol. The van der Waals surface area contributed by atoms with Crippen LogP contribution in [0.25, 0.3) is 0 Å². The fraction of sp³-hybridized carbons (Fsp3) is 0.500. The van der Waals surface area contributed by atoms with E-state index in [1.54, 1.807) is 0 Å². The van der Waals surface area contributed by atoms with Gasteiger partial charge in [0.05, 0.1) is 0 Å². The number of hydrogen-bond donors (Lipinski definition) is 0. The molecule has 0 aliphatic carbocycles. The maximum absolute atomic E-state index is 3.24. The molecule has 170 valence electrons. The first kappa shape index (κ1) is 44.3. The van der Waals surface area contributed by atoms with Gasteiger partial charge in [0.15, 0.2) is 0 Å². The number of rotatable bonds is 4. The summed E-state index contributed by atoms with van der Waals surface area (Å²) >= 11 is 0. The van der Waals surface area contributed by atoms with Gasteiger partial charge in [-0.05, 0) is 0 Å². The fourth-order valence-electron chi connectivity index (χ4n) is 1.92. The van der Waals surface area contributed by atoms with Gasteiger partial charge in [-0.25, -0.2) is 0 Å². The summed E-state index contributed by atoms with van der Waals surface area (Å²) in [4.78, 5) is 0. The molecule has 0 saturated carbocycles. The molecule has 0 amide bonds. The molecule has 0 aliphatic rings. The van der Waals surface area contributed by atoms with E-state index in [0.29, 0.717) is 0 Å². The zero-order valence-electron chi connectivity index (χ0n) is 21.9. The van der Waals surface area contributed by atoms with Crippen molar-refractivity contribution in [3.63, 3.8) is 0 Å². The van der Waals surface area contributed by atoms with Crippen LogP contribution in [0.2, 0.25) is 0 Å². The van der Waals surface area contributed by atoms with Crippen LogP contribution < -0.4 is 0 Å². The van der Waals surface area contributed by atoms with E-state index < -0.39 is 0 Å². The van der Waals surface area contributed by atoms with Gasteiger partial charge in [0, 0.05) is 65.4 Å². The van der Waals surface area contributed by atoms with Gasteiger partial charge < -0.3 is 14.9 Å². The quantitative estimate of drug-likeness (QED) is 0.327. The predicted octanol–water partition coefficient (Wildman–Crippen LogP) is 8.95. The fourth-order valence-corrected chi connectivity index (χ4v) is 1.92. The van der Waals surface area contributed by atoms with Crippen LogP contribution in [0.1, 0.15) is 90.5 Å². The van der Waals surface area contributed by atoms with Gasteiger partial charge in [-0.1, -0.05) is 93.9 Å². The third-order valence-corrected chi connectivity index (χ3v) is 3.45. The molecule has 0 aliphatic heterocycles. The van der Waals surface area contributed by atoms with Gasteiger partial charge in [0.2, 0.25) is 0 Å². The Labute approximate surface area is 242 Å². The molecule has 0 saturated heterocycles. The summed E-state index contributed by atoms with van der Waals surface area (Å²) in [6.07, 6.45) is 6.92. The number of aryl methyl sites for hydroxylation is 4. The molecule has 0 bridgehead atoms. The molecule has 0 heterocycles. The second-order valence-corrected chi connectivity index (χ2v) is 6.27. The zero-order valence-corrected chi connectivity index (χ0v) is 27.5. The summed E-state index contributed by atoms with van der Waals surface area (Å²) in [5.41, 5.74) is 5.41. The van der Waals surface area contributed by atoms with Crippen molar-refractivity contribution >= 4 is 0 Å². The van der Waals surface area contributed by atoms with Crippen LogP contribution in [-0.4, -0.2) is 0 Å². The third kappa shape index (κ3) is 26.7. The van der Waals surface area contributed by atoms with E-state index in [2.05, 4.69) is 97.9 Å². The first-order chi connectivity index (χ1) is 12.6. The van der Waals surface area contributed by atoms with Crippen molar-refractivity contribution in [2.24, 2.45) is 0 Å². The molecule has 0 nitrogen and oxygen atoms in total. The van der Waals surface area contributed by atoms with Gasteiger partial charge >= 0.3 is 0 Å². The summed E-state index contributed by atoms with van der Waals surface area (Å²) in [7, 11) is 0. The molecule has 0 atom stereocenters. The first-order valence-corrected chi connectivity index (χ1v) is 10.5. The first-order valence-electron chi connectivity index (χ1n) is 10.5. The topological polar surface area (TPSA) is 0 Å². The summed E-state index contributed by atoms with van der Waals surface area (Å²) in [5, 5.41) is 0. The maximum Gasteiger partial charge on any atom is 0 e. The van der Waals surface area contributed by atoms with Gasteiger partial charge in [0.25, 0.3) is 0 Å². The third-order valence-electron chi connectivity index (χ3n) is 3.45. The van der Waals surface area contributed by atoms with E-state index in [1.807, 2.05) is 6.07 Å². The Kier molecular flexibility index (Phi) is 50.6. The van der Waals surface area contributed by atoms with Crippen LogP contribution in [0.15, 0.2) is 36.4 Å². The second kappa shape index (κ2) is 34.3. The molecule has 0 unspecified atom stereocenters. The van der Waals surface area contributed by atoms with E-state index >= 15 is 0 Å². The van der Waals surface area contributed by atoms with Crippen molar-refractivity contribution in [2.75, 3.05) is 0 Å². The Morgan fingerprint density at radius 1 is 0.567 bits per heavy atom. The van der Waals surface area contributed by atoms with Crippen LogP contribution in [0.3, 0.4) is 0 Å². The van der Waals surface area contributed by atoms with Crippen molar-refractivity contribution in [2.45, 2.75) is 93.9 Å². The standard InChI is InChI=1S/2C10H13.2C3H8.2CH3.2Y/c1-3-9-5-7-10(4-2)8-6-9;1-3-9-6-5-7-10(4-2)8-9;2*1-3-2;;;;/h5-7H,3-4H2,1-2H3;5-6,8H,3-4H2,1-2H3;2*3H2,1-2H3;2*1H3;;/q2*-1;;;2*-1;;. The SMILES string of the molecule is CCC.CCC.CCc1[c-]cc(CC)cc1.CCc1[c-]ccc(CC)c1.[CH3-].[CH3-].[Y].[Y]. The minimum absolute atomic E-state index is 0. The molecule has 30 heavy (non-hydrogen) atoms. The smallest absolute Gasteiger partial charge is 0 e. The van der Waals surface area contributed by atoms with Gasteiger partial charge in [-0.15, -0.1) is 0 Å². The summed E-state index contributed by atoms with van der Waals surface area (Å²) in [6, 6.07) is 19.2. The molecule has 2 aromatic carbocycles. The van der Waals surface area contributed by atoms with Crippen molar-refractivity contribution in [1.29, 1.82) is 0 Å². The summed E-state index contributed by atoms with van der Waals surface area (Å²) in [5.74, 6) is 0. The van der Waals surface area contributed by atoms with Crippen molar-refractivity contribution < 1.29 is 65.4 Å². The van der Waals surface area contributed by atoms with Crippen molar-refractivity contribution in [3.8, 4) is 0 Å². The zero-order chi connectivity index (χ0) is 20.2. The summed E-state index contributed by atoms with van der Waals surface area (Å²) < 4.78 is 0. The van der Waals surface area contributed by atoms with E-state index in [9.17, 15) is 0 Å². The van der Waals surface area contributed by atoms with Gasteiger partial charge in [-0.2, -0.15) is 70.8 Å². The molecule has 2 aromatic rings. The van der Waals surface area contributed by atoms with Crippen molar-refractivity contribution in [3.05, 3.63) is 85.6 Å². The van der Waals surface area contributed by atoms with Crippen LogP contribution in [0, 0.1) is 27.0 Å². The molecule has 0 spiro atoms. The van der Waals surface area contributed by atoms with Crippen molar-refractivity contribution in [1.82, 2.24) is 0 Å². The normalized spacial score (nSPS) is 7.73. The molecule has 0 N–H and O–H groups in total. The van der Waals surface area contributed by atoms with E-state index in [-0.39, 0.29) is 80.3 Å². The number of benzene rings is 2. The van der Waals surface area contributed by atoms with Crippen LogP contribution >= 0.6 is 0 Å². The van der Waals surface area contributed by atoms with Crippen LogP contribution in [-0.2, 0) is 91.1 Å². The molecule has 0 fully saturated rings. The molecule has 0 aromatic heterocycles. The Bertz CT molecular complexity index is 474. The molecular weight excluding hydrogens is 514 g/mol. The van der Waals surface area contributed by atoms with Gasteiger partial charge in [-0.3, -0.25) is 0 Å². The predicted molar refractivity (Wildman–Crippen MR) is 133 cm³/mol. The Hall–Kier alpha value is 0.648. The monoisotopic (exact) mass is 562 g/mol. The minimum Gasteiger partial charge on any atom is -0.358 e. The minimum atomic E-state index is 0. The Balaban J connectivity index is -0.0000000689. The largest absolute Gasteiger partial charge is 0.358 e. The molecule has 2 heteroatoms. The van der Waals surface area contributed by atoms with E-state index in [1.165, 1.54) is 35.1 Å². The molecule has 2 radical (unpaired) electrons. The average Bonchev–Trinajstić information content (AvgIpc) is 2.69.